The third kappa shape index (κ3) is 25.3. The van der Waals surface area contributed by atoms with E-state index in [1.165, 1.54) is 135 Å². The van der Waals surface area contributed by atoms with Crippen molar-refractivity contribution in [1.29, 1.82) is 0 Å². The number of carbonyl (C=O) groups is 1. The normalized spacial score (nSPS) is 11.0. The zero-order valence-corrected chi connectivity index (χ0v) is 20.3. The Bertz CT molecular complexity index is 337. The SMILES string of the molecule is CCCCCCCCCCCCCCCCCCCCCCCCNC(=O)NCO. The summed E-state index contributed by atoms with van der Waals surface area (Å²) in [6, 6.07) is -0.277. The molecule has 0 unspecified atom stereocenters. The Morgan fingerprint density at radius 1 is 0.500 bits per heavy atom. The summed E-state index contributed by atoms with van der Waals surface area (Å²) in [5, 5.41) is 13.6. The number of rotatable bonds is 24. The van der Waals surface area contributed by atoms with Gasteiger partial charge in [0.25, 0.3) is 0 Å². The van der Waals surface area contributed by atoms with E-state index >= 15 is 0 Å². The lowest BCUT2D eigenvalue weighted by atomic mass is 10.0. The molecule has 0 atom stereocenters. The van der Waals surface area contributed by atoms with Crippen molar-refractivity contribution >= 4 is 6.03 Å². The highest BCUT2D eigenvalue weighted by Crippen LogP contribution is 2.15. The lowest BCUT2D eigenvalue weighted by Crippen LogP contribution is -2.36. The third-order valence-electron chi connectivity index (χ3n) is 6.06. The molecule has 0 aliphatic heterocycles. The van der Waals surface area contributed by atoms with Gasteiger partial charge in [-0.15, -0.1) is 0 Å². The molecule has 0 spiro atoms. The summed E-state index contributed by atoms with van der Waals surface area (Å²) in [4.78, 5) is 11.1. The Hall–Kier alpha value is -0.770. The fraction of sp³-hybridized carbons (Fsp3) is 0.962. The summed E-state index contributed by atoms with van der Waals surface area (Å²) in [5.41, 5.74) is 0. The largest absolute Gasteiger partial charge is 0.376 e. The first kappa shape index (κ1) is 29.2. The van der Waals surface area contributed by atoms with Crippen molar-refractivity contribution in [3.63, 3.8) is 0 Å². The molecular formula is C26H54N2O2. The van der Waals surface area contributed by atoms with Gasteiger partial charge in [0.15, 0.2) is 0 Å². The standard InChI is InChI=1S/C26H54N2O2/c1-2-3-4-5-6-7-8-9-10-11-12-13-14-15-16-17-18-19-20-21-22-23-24-27-26(30)28-25-29/h29H,2-25H2,1H3,(H2,27,28,30). The smallest absolute Gasteiger partial charge is 0.316 e. The molecule has 0 rings (SSSR count). The molecule has 0 aromatic rings. The number of nitrogens with one attached hydrogen (secondary N) is 2. The van der Waals surface area contributed by atoms with Crippen molar-refractivity contribution in [3.05, 3.63) is 0 Å². The molecule has 0 aliphatic carbocycles. The minimum absolute atomic E-state index is 0.277. The number of aliphatic hydroxyl groups is 1. The minimum atomic E-state index is -0.300. The Morgan fingerprint density at radius 2 is 0.800 bits per heavy atom. The quantitative estimate of drug-likeness (QED) is 0.109. The van der Waals surface area contributed by atoms with E-state index in [0.29, 0.717) is 6.54 Å². The maximum Gasteiger partial charge on any atom is 0.316 e. The highest BCUT2D eigenvalue weighted by atomic mass is 16.3. The van der Waals surface area contributed by atoms with Crippen LogP contribution in [0.1, 0.15) is 148 Å². The van der Waals surface area contributed by atoms with Gasteiger partial charge in [-0.1, -0.05) is 142 Å². The number of amides is 2. The fourth-order valence-corrected chi connectivity index (χ4v) is 4.07. The van der Waals surface area contributed by atoms with Crippen LogP contribution in [0, 0.1) is 0 Å². The van der Waals surface area contributed by atoms with E-state index in [1.54, 1.807) is 0 Å². The van der Waals surface area contributed by atoms with Crippen molar-refractivity contribution in [2.75, 3.05) is 13.3 Å². The summed E-state index contributed by atoms with van der Waals surface area (Å²) < 4.78 is 0. The predicted octanol–water partition coefficient (Wildman–Crippen LogP) is 7.84. The molecular weight excluding hydrogens is 372 g/mol. The van der Waals surface area contributed by atoms with Crippen LogP contribution in [0.15, 0.2) is 0 Å². The van der Waals surface area contributed by atoms with Crippen LogP contribution in [0.5, 0.6) is 0 Å². The number of urea groups is 1. The van der Waals surface area contributed by atoms with Gasteiger partial charge in [-0.25, -0.2) is 4.79 Å². The lowest BCUT2D eigenvalue weighted by Gasteiger charge is -2.05. The maximum absolute atomic E-state index is 11.1. The second-order valence-electron chi connectivity index (χ2n) is 9.02. The molecule has 0 saturated carbocycles. The van der Waals surface area contributed by atoms with Crippen molar-refractivity contribution in [1.82, 2.24) is 10.6 Å². The van der Waals surface area contributed by atoms with Gasteiger partial charge in [0.2, 0.25) is 0 Å². The lowest BCUT2D eigenvalue weighted by molar-refractivity contribution is 0.217. The summed E-state index contributed by atoms with van der Waals surface area (Å²) in [6.07, 6.45) is 30.6. The average molecular weight is 427 g/mol. The highest BCUT2D eigenvalue weighted by molar-refractivity contribution is 5.73. The van der Waals surface area contributed by atoms with Crippen LogP contribution in [0.25, 0.3) is 0 Å². The Morgan fingerprint density at radius 3 is 1.10 bits per heavy atom. The Balaban J connectivity index is 3.03. The molecule has 0 heterocycles. The van der Waals surface area contributed by atoms with Crippen LogP contribution in [0.3, 0.4) is 0 Å². The molecule has 2 amide bonds. The second-order valence-corrected chi connectivity index (χ2v) is 9.02. The number of hydrogen-bond donors (Lipinski definition) is 3. The van der Waals surface area contributed by atoms with E-state index in [0.717, 1.165) is 6.42 Å². The summed E-state index contributed by atoms with van der Waals surface area (Å²) >= 11 is 0. The van der Waals surface area contributed by atoms with Gasteiger partial charge >= 0.3 is 6.03 Å². The first-order chi connectivity index (χ1) is 14.8. The van der Waals surface area contributed by atoms with Crippen LogP contribution in [0.4, 0.5) is 4.79 Å². The highest BCUT2D eigenvalue weighted by Gasteiger charge is 1.97. The number of aliphatic hydroxyl groups excluding tert-OH is 1. The Labute approximate surface area is 188 Å². The third-order valence-corrected chi connectivity index (χ3v) is 6.06. The van der Waals surface area contributed by atoms with Gasteiger partial charge in [-0.05, 0) is 6.42 Å². The van der Waals surface area contributed by atoms with E-state index in [-0.39, 0.29) is 12.8 Å². The van der Waals surface area contributed by atoms with Crippen molar-refractivity contribution in [2.45, 2.75) is 148 Å². The van der Waals surface area contributed by atoms with Gasteiger partial charge in [0.05, 0.1) is 0 Å². The zero-order chi connectivity index (χ0) is 22.0. The van der Waals surface area contributed by atoms with Gasteiger partial charge in [-0.2, -0.15) is 0 Å². The molecule has 30 heavy (non-hydrogen) atoms. The fourth-order valence-electron chi connectivity index (χ4n) is 4.07. The van der Waals surface area contributed by atoms with E-state index < -0.39 is 0 Å². The Kier molecular flexibility index (Phi) is 25.6. The number of carbonyl (C=O) groups excluding carboxylic acids is 1. The van der Waals surface area contributed by atoms with Gasteiger partial charge in [-0.3, -0.25) is 0 Å². The van der Waals surface area contributed by atoms with E-state index in [2.05, 4.69) is 17.6 Å². The van der Waals surface area contributed by atoms with Crippen LogP contribution in [0.2, 0.25) is 0 Å². The molecule has 180 valence electrons. The van der Waals surface area contributed by atoms with Crippen LogP contribution in [-0.2, 0) is 0 Å². The van der Waals surface area contributed by atoms with E-state index in [4.69, 9.17) is 5.11 Å². The van der Waals surface area contributed by atoms with E-state index in [1.807, 2.05) is 0 Å². The molecule has 3 N–H and O–H groups in total. The van der Waals surface area contributed by atoms with Crippen molar-refractivity contribution in [3.8, 4) is 0 Å². The van der Waals surface area contributed by atoms with E-state index in [9.17, 15) is 4.79 Å². The first-order valence-electron chi connectivity index (χ1n) is 13.4. The molecule has 4 nitrogen and oxygen atoms in total. The van der Waals surface area contributed by atoms with Gasteiger partial charge < -0.3 is 15.7 Å². The molecule has 0 aromatic heterocycles. The monoisotopic (exact) mass is 426 g/mol. The zero-order valence-electron chi connectivity index (χ0n) is 20.3. The van der Waals surface area contributed by atoms with Crippen LogP contribution < -0.4 is 10.6 Å². The molecule has 0 aliphatic rings. The first-order valence-corrected chi connectivity index (χ1v) is 13.4. The van der Waals surface area contributed by atoms with Crippen molar-refractivity contribution in [2.24, 2.45) is 0 Å². The second kappa shape index (κ2) is 26.3. The molecule has 0 aromatic carbocycles. The average Bonchev–Trinajstić information content (AvgIpc) is 2.74. The van der Waals surface area contributed by atoms with Gasteiger partial charge in [0, 0.05) is 6.54 Å². The predicted molar refractivity (Wildman–Crippen MR) is 131 cm³/mol. The molecule has 4 heteroatoms. The number of hydrogen-bond acceptors (Lipinski definition) is 2. The van der Waals surface area contributed by atoms with Gasteiger partial charge in [0.1, 0.15) is 6.73 Å². The molecule has 0 fully saturated rings. The molecule has 0 bridgehead atoms. The number of unbranched alkanes of at least 4 members (excludes halogenated alkanes) is 21. The van der Waals surface area contributed by atoms with Crippen LogP contribution >= 0.6 is 0 Å². The summed E-state index contributed by atoms with van der Waals surface area (Å²) in [6.45, 7) is 2.69. The summed E-state index contributed by atoms with van der Waals surface area (Å²) in [7, 11) is 0. The molecule has 0 saturated heterocycles. The topological polar surface area (TPSA) is 61.4 Å². The van der Waals surface area contributed by atoms with Crippen molar-refractivity contribution < 1.29 is 9.90 Å². The minimum Gasteiger partial charge on any atom is -0.376 e. The summed E-state index contributed by atoms with van der Waals surface area (Å²) in [5.74, 6) is 0. The van der Waals surface area contributed by atoms with Crippen LogP contribution in [-0.4, -0.2) is 24.4 Å². The molecule has 0 radical (unpaired) electrons. The maximum atomic E-state index is 11.1.